The summed E-state index contributed by atoms with van der Waals surface area (Å²) in [4.78, 5) is 0. The molecule has 0 aromatic heterocycles. The van der Waals surface area contributed by atoms with Crippen molar-refractivity contribution in [2.45, 2.75) is 5.51 Å². The lowest BCUT2D eigenvalue weighted by Crippen LogP contribution is -2.28. The van der Waals surface area contributed by atoms with Crippen LogP contribution in [-0.4, -0.2) is 13.9 Å². The molecule has 3 aromatic carbocycles. The van der Waals surface area contributed by atoms with Crippen LogP contribution in [0.15, 0.2) is 48.5 Å². The lowest BCUT2D eigenvalue weighted by molar-refractivity contribution is -0.0500. The number of fused-ring (bicyclic) bond motifs is 1. The van der Waals surface area contributed by atoms with Crippen LogP contribution in [0.1, 0.15) is 0 Å². The maximum atomic E-state index is 13.4. The topological polar surface area (TPSA) is 43.4 Å². The summed E-state index contributed by atoms with van der Waals surface area (Å²) in [5.74, 6) is -4.89. The number of hydrogen-bond donors (Lipinski definition) is 0. The molecule has 0 unspecified atom stereocenters. The number of benzene rings is 3. The zero-order chi connectivity index (χ0) is 20.0. The first-order valence-electron chi connectivity index (χ1n) is 7.17. The maximum Gasteiger partial charge on any atom is 0.534 e. The van der Waals surface area contributed by atoms with Gasteiger partial charge >= 0.3 is 15.6 Å². The first kappa shape index (κ1) is 19.0. The highest BCUT2D eigenvalue weighted by Gasteiger charge is 2.48. The van der Waals surface area contributed by atoms with Crippen molar-refractivity contribution in [1.29, 1.82) is 0 Å². The van der Waals surface area contributed by atoms with Crippen LogP contribution in [0.4, 0.5) is 26.3 Å². The van der Waals surface area contributed by atoms with Crippen molar-refractivity contribution in [3.05, 3.63) is 66.0 Å². The van der Waals surface area contributed by atoms with Gasteiger partial charge in [0.2, 0.25) is 0 Å². The van der Waals surface area contributed by atoms with Crippen LogP contribution in [0.5, 0.6) is 5.75 Å². The lowest BCUT2D eigenvalue weighted by Gasteiger charge is -2.10. The zero-order valence-electron chi connectivity index (χ0n) is 13.0. The Kier molecular flexibility index (Phi) is 4.54. The minimum Gasteiger partial charge on any atom is -0.376 e. The summed E-state index contributed by atoms with van der Waals surface area (Å²) in [6.07, 6.45) is 0. The summed E-state index contributed by atoms with van der Waals surface area (Å²) >= 11 is 0. The summed E-state index contributed by atoms with van der Waals surface area (Å²) < 4.78 is 103. The van der Waals surface area contributed by atoms with E-state index in [4.69, 9.17) is 0 Å². The Morgan fingerprint density at radius 3 is 1.89 bits per heavy atom. The molecule has 27 heavy (non-hydrogen) atoms. The van der Waals surface area contributed by atoms with E-state index in [1.807, 2.05) is 0 Å². The number of rotatable bonds is 3. The molecule has 0 saturated carbocycles. The Bertz CT molecular complexity index is 1120. The molecule has 0 saturated heterocycles. The minimum absolute atomic E-state index is 0.0493. The summed E-state index contributed by atoms with van der Waals surface area (Å²) in [5.41, 5.74) is -5.20. The Morgan fingerprint density at radius 1 is 0.741 bits per heavy atom. The van der Waals surface area contributed by atoms with Gasteiger partial charge in [-0.05, 0) is 52.2 Å². The van der Waals surface area contributed by atoms with Crippen LogP contribution < -0.4 is 4.18 Å². The fourth-order valence-electron chi connectivity index (χ4n) is 2.35. The average Bonchev–Trinajstić information content (AvgIpc) is 2.57. The molecule has 10 heteroatoms. The molecule has 142 valence electrons. The third-order valence-corrected chi connectivity index (χ3v) is 4.60. The minimum atomic E-state index is -5.80. The van der Waals surface area contributed by atoms with Crippen LogP contribution in [0.3, 0.4) is 0 Å². The van der Waals surface area contributed by atoms with Crippen molar-refractivity contribution >= 4 is 20.9 Å². The van der Waals surface area contributed by atoms with Gasteiger partial charge in [-0.15, -0.1) is 0 Å². The lowest BCUT2D eigenvalue weighted by atomic mass is 10.0. The molecule has 0 aliphatic carbocycles. The largest absolute Gasteiger partial charge is 0.534 e. The molecule has 0 fully saturated rings. The predicted octanol–water partition coefficient (Wildman–Crippen LogP) is 5.15. The van der Waals surface area contributed by atoms with Crippen molar-refractivity contribution < 1.29 is 38.9 Å². The van der Waals surface area contributed by atoms with Gasteiger partial charge < -0.3 is 4.18 Å². The van der Waals surface area contributed by atoms with Gasteiger partial charge in [0.05, 0.1) is 0 Å². The van der Waals surface area contributed by atoms with Gasteiger partial charge in [0.25, 0.3) is 0 Å². The standard InChI is InChI=1S/C17H8F6O3S/c18-14-7-12(8-15(19)16(14)20)10-1-2-11-6-13(4-3-9(11)5-10)26-27(24,25)17(21,22)23/h1-8H. The van der Waals surface area contributed by atoms with Crippen molar-refractivity contribution in [2.75, 3.05) is 0 Å². The van der Waals surface area contributed by atoms with E-state index >= 15 is 0 Å². The first-order chi connectivity index (χ1) is 12.5. The second-order valence-corrected chi connectivity index (χ2v) is 7.00. The first-order valence-corrected chi connectivity index (χ1v) is 8.58. The fourth-order valence-corrected chi connectivity index (χ4v) is 2.80. The molecule has 0 radical (unpaired) electrons. The molecule has 0 heterocycles. The average molecular weight is 406 g/mol. The molecule has 3 rings (SSSR count). The number of halogens is 6. The quantitative estimate of drug-likeness (QED) is 0.261. The van der Waals surface area contributed by atoms with E-state index in [0.717, 1.165) is 24.3 Å². The van der Waals surface area contributed by atoms with E-state index in [-0.39, 0.29) is 5.56 Å². The molecule has 0 bridgehead atoms. The Morgan fingerprint density at radius 2 is 1.30 bits per heavy atom. The van der Waals surface area contributed by atoms with E-state index in [1.54, 1.807) is 0 Å². The van der Waals surface area contributed by atoms with Crippen LogP contribution in [0, 0.1) is 17.5 Å². The van der Waals surface area contributed by atoms with E-state index in [9.17, 15) is 34.8 Å². The van der Waals surface area contributed by atoms with Gasteiger partial charge in [-0.1, -0.05) is 18.2 Å². The van der Waals surface area contributed by atoms with Gasteiger partial charge in [0.1, 0.15) is 5.75 Å². The highest BCUT2D eigenvalue weighted by molar-refractivity contribution is 7.88. The Hall–Kier alpha value is -2.75. The fraction of sp³-hybridized carbons (Fsp3) is 0.0588. The normalized spacial score (nSPS) is 12.4. The van der Waals surface area contributed by atoms with Crippen molar-refractivity contribution in [3.8, 4) is 16.9 Å². The second-order valence-electron chi connectivity index (χ2n) is 5.46. The van der Waals surface area contributed by atoms with Crippen LogP contribution in [-0.2, 0) is 10.1 Å². The third-order valence-electron chi connectivity index (χ3n) is 3.62. The predicted molar refractivity (Wildman–Crippen MR) is 84.9 cm³/mol. The Balaban J connectivity index is 1.99. The molecular weight excluding hydrogens is 398 g/mol. The Labute approximate surface area is 148 Å². The summed E-state index contributed by atoms with van der Waals surface area (Å²) in [6.45, 7) is 0. The van der Waals surface area contributed by atoms with Gasteiger partial charge in [0.15, 0.2) is 17.5 Å². The van der Waals surface area contributed by atoms with Crippen LogP contribution in [0.25, 0.3) is 21.9 Å². The smallest absolute Gasteiger partial charge is 0.376 e. The second kappa shape index (κ2) is 6.45. The van der Waals surface area contributed by atoms with Gasteiger partial charge in [0, 0.05) is 0 Å². The molecule has 0 amide bonds. The zero-order valence-corrected chi connectivity index (χ0v) is 13.8. The molecule has 3 aromatic rings. The highest BCUT2D eigenvalue weighted by Crippen LogP contribution is 2.31. The number of alkyl halides is 3. The molecule has 0 aliphatic rings. The summed E-state index contributed by atoms with van der Waals surface area (Å²) in [6, 6.07) is 9.16. The summed E-state index contributed by atoms with van der Waals surface area (Å²) in [7, 11) is -5.80. The number of hydrogen-bond acceptors (Lipinski definition) is 3. The van der Waals surface area contributed by atoms with Crippen molar-refractivity contribution in [3.63, 3.8) is 0 Å². The molecule has 0 N–H and O–H groups in total. The van der Waals surface area contributed by atoms with Gasteiger partial charge in [-0.3, -0.25) is 0 Å². The maximum absolute atomic E-state index is 13.4. The monoisotopic (exact) mass is 406 g/mol. The van der Waals surface area contributed by atoms with E-state index in [1.165, 1.54) is 24.3 Å². The van der Waals surface area contributed by atoms with Gasteiger partial charge in [-0.25, -0.2) is 13.2 Å². The molecule has 0 spiro atoms. The van der Waals surface area contributed by atoms with Crippen LogP contribution >= 0.6 is 0 Å². The van der Waals surface area contributed by atoms with E-state index in [0.29, 0.717) is 16.3 Å². The SMILES string of the molecule is O=S(=O)(Oc1ccc2cc(-c3cc(F)c(F)c(F)c3)ccc2c1)C(F)(F)F. The van der Waals surface area contributed by atoms with Crippen LogP contribution in [0.2, 0.25) is 0 Å². The highest BCUT2D eigenvalue weighted by atomic mass is 32.2. The van der Waals surface area contributed by atoms with E-state index in [2.05, 4.69) is 4.18 Å². The van der Waals surface area contributed by atoms with E-state index < -0.39 is 38.8 Å². The third kappa shape index (κ3) is 3.70. The van der Waals surface area contributed by atoms with Crippen molar-refractivity contribution in [1.82, 2.24) is 0 Å². The molecule has 0 atom stereocenters. The molecule has 0 aliphatic heterocycles. The molecular formula is C17H8F6O3S. The van der Waals surface area contributed by atoms with Gasteiger partial charge in [-0.2, -0.15) is 21.6 Å². The summed E-state index contributed by atoms with van der Waals surface area (Å²) in [5, 5.41) is 0.742. The van der Waals surface area contributed by atoms with Crippen molar-refractivity contribution in [2.24, 2.45) is 0 Å². The molecule has 3 nitrogen and oxygen atoms in total.